The number of fused-ring (bicyclic) bond motifs is 1. The highest BCUT2D eigenvalue weighted by molar-refractivity contribution is 7.99. The molecule has 0 saturated heterocycles. The fourth-order valence-corrected chi connectivity index (χ4v) is 5.13. The zero-order chi connectivity index (χ0) is 27.1. The van der Waals surface area contributed by atoms with Gasteiger partial charge in [-0.3, -0.25) is 4.79 Å². The fourth-order valence-electron chi connectivity index (χ4n) is 4.05. The van der Waals surface area contributed by atoms with Gasteiger partial charge in [0.25, 0.3) is 5.91 Å². The van der Waals surface area contributed by atoms with Crippen LogP contribution in [-0.2, 0) is 11.2 Å². The Balaban J connectivity index is 1.41. The molecule has 0 aliphatic carbocycles. The van der Waals surface area contributed by atoms with Crippen LogP contribution in [-0.4, -0.2) is 41.0 Å². The summed E-state index contributed by atoms with van der Waals surface area (Å²) in [4.78, 5) is 39.2. The first-order valence-electron chi connectivity index (χ1n) is 12.2. The molecule has 0 unspecified atom stereocenters. The van der Waals surface area contributed by atoms with E-state index in [1.165, 1.54) is 0 Å². The molecule has 0 radical (unpaired) electrons. The van der Waals surface area contributed by atoms with Crippen LogP contribution < -0.4 is 15.6 Å². The van der Waals surface area contributed by atoms with Crippen molar-refractivity contribution in [3.8, 4) is 0 Å². The lowest BCUT2D eigenvalue weighted by molar-refractivity contribution is -0.112. The largest absolute Gasteiger partial charge is 0.478 e. The molecule has 1 heterocycles. The number of carbonyl (C=O) groups is 3. The Morgan fingerprint density at radius 3 is 2.58 bits per heavy atom. The summed E-state index contributed by atoms with van der Waals surface area (Å²) < 4.78 is 0. The van der Waals surface area contributed by atoms with Gasteiger partial charge in [-0.05, 0) is 79.1 Å². The summed E-state index contributed by atoms with van der Waals surface area (Å²) >= 11 is 7.63. The Hall–Kier alpha value is -3.82. The number of nitrogens with zero attached hydrogens (tertiary/aromatic N) is 2. The van der Waals surface area contributed by atoms with Gasteiger partial charge in [-0.25, -0.2) is 15.0 Å². The number of hydrogen-bond donors (Lipinski definition) is 3. The van der Waals surface area contributed by atoms with E-state index in [4.69, 9.17) is 16.7 Å². The molecule has 196 valence electrons. The van der Waals surface area contributed by atoms with Crippen molar-refractivity contribution in [1.29, 1.82) is 0 Å². The maximum atomic E-state index is 13.1. The summed E-state index contributed by atoms with van der Waals surface area (Å²) in [6.45, 7) is 2.55. The molecule has 3 amide bonds. The SMILES string of the molecule is CCCN1C(=O)/C(=N/NC(=O)Nc2cccc(Cl)c2)c2cc(SCCCc3ccc(C(=O)O)cc3)ccc21. The standard InChI is InChI=1S/C28H27ClN4O4S/c1-2-14-33-24-13-12-22(38-15-4-5-18-8-10-19(11-9-18)27(35)36)17-23(24)25(26(33)34)31-32-28(37)30-21-7-3-6-20(29)16-21/h3,6-13,16-17H,2,4-5,14-15H2,1H3,(H,35,36)(H2,30,32,37)/b31-25+. The van der Waals surface area contributed by atoms with Gasteiger partial charge in [-0.15, -0.1) is 11.8 Å². The van der Waals surface area contributed by atoms with Crippen molar-refractivity contribution in [2.75, 3.05) is 22.5 Å². The number of anilines is 2. The number of benzene rings is 3. The first kappa shape index (κ1) is 27.2. The summed E-state index contributed by atoms with van der Waals surface area (Å²) in [5.74, 6) is -0.338. The Morgan fingerprint density at radius 2 is 1.87 bits per heavy atom. The number of rotatable bonds is 10. The minimum Gasteiger partial charge on any atom is -0.478 e. The number of hydrogen-bond acceptors (Lipinski definition) is 5. The van der Waals surface area contributed by atoms with E-state index in [-0.39, 0.29) is 17.2 Å². The molecule has 0 saturated carbocycles. The smallest absolute Gasteiger partial charge is 0.339 e. The third kappa shape index (κ3) is 6.73. The van der Waals surface area contributed by atoms with E-state index in [1.54, 1.807) is 53.1 Å². The van der Waals surface area contributed by atoms with Gasteiger partial charge in [0.2, 0.25) is 0 Å². The van der Waals surface area contributed by atoms with E-state index in [1.807, 2.05) is 37.3 Å². The molecular weight excluding hydrogens is 524 g/mol. The highest BCUT2D eigenvalue weighted by atomic mass is 35.5. The molecule has 0 atom stereocenters. The number of carboxylic acids is 1. The predicted molar refractivity (Wildman–Crippen MR) is 152 cm³/mol. The lowest BCUT2D eigenvalue weighted by Gasteiger charge is -2.15. The van der Waals surface area contributed by atoms with Crippen LogP contribution in [0.25, 0.3) is 0 Å². The maximum Gasteiger partial charge on any atom is 0.339 e. The number of urea groups is 1. The number of carboxylic acid groups (broad SMARTS) is 1. The summed E-state index contributed by atoms with van der Waals surface area (Å²) in [6.07, 6.45) is 2.52. The Kier molecular flexibility index (Phi) is 9.04. The van der Waals surface area contributed by atoms with Crippen molar-refractivity contribution in [2.45, 2.75) is 31.1 Å². The van der Waals surface area contributed by atoms with Gasteiger partial charge in [0.15, 0.2) is 5.71 Å². The maximum absolute atomic E-state index is 13.1. The third-order valence-electron chi connectivity index (χ3n) is 5.84. The van der Waals surface area contributed by atoms with Gasteiger partial charge >= 0.3 is 12.0 Å². The molecule has 3 aromatic rings. The molecule has 0 spiro atoms. The molecule has 1 aliphatic rings. The molecule has 0 aromatic heterocycles. The second kappa shape index (κ2) is 12.6. The van der Waals surface area contributed by atoms with Crippen LogP contribution >= 0.6 is 23.4 Å². The van der Waals surface area contributed by atoms with Crippen LogP contribution in [0.15, 0.2) is 76.7 Å². The summed E-state index contributed by atoms with van der Waals surface area (Å²) in [6, 6.07) is 18.9. The molecule has 3 aromatic carbocycles. The number of amides is 3. The zero-order valence-corrected chi connectivity index (χ0v) is 22.3. The average molecular weight is 551 g/mol. The van der Waals surface area contributed by atoms with E-state index in [0.29, 0.717) is 22.8 Å². The van der Waals surface area contributed by atoms with E-state index in [2.05, 4.69) is 15.8 Å². The normalized spacial score (nSPS) is 13.5. The van der Waals surface area contributed by atoms with Crippen molar-refractivity contribution < 1.29 is 19.5 Å². The summed E-state index contributed by atoms with van der Waals surface area (Å²) in [5, 5.41) is 16.3. The van der Waals surface area contributed by atoms with Gasteiger partial charge in [-0.2, -0.15) is 5.10 Å². The van der Waals surface area contributed by atoms with Gasteiger partial charge in [0, 0.05) is 27.7 Å². The number of aryl methyl sites for hydroxylation is 1. The number of carbonyl (C=O) groups excluding carboxylic acids is 2. The van der Waals surface area contributed by atoms with Crippen molar-refractivity contribution in [3.63, 3.8) is 0 Å². The van der Waals surface area contributed by atoms with Gasteiger partial charge in [0.1, 0.15) is 0 Å². The lowest BCUT2D eigenvalue weighted by Crippen LogP contribution is -2.33. The van der Waals surface area contributed by atoms with Crippen LogP contribution in [0.5, 0.6) is 0 Å². The van der Waals surface area contributed by atoms with Crippen molar-refractivity contribution in [1.82, 2.24) is 5.43 Å². The van der Waals surface area contributed by atoms with Crippen molar-refractivity contribution in [3.05, 3.63) is 88.4 Å². The highest BCUT2D eigenvalue weighted by Crippen LogP contribution is 2.33. The topological polar surface area (TPSA) is 111 Å². The van der Waals surface area contributed by atoms with Crippen LogP contribution in [0.2, 0.25) is 5.02 Å². The molecule has 38 heavy (non-hydrogen) atoms. The number of hydrazone groups is 1. The molecule has 4 rings (SSSR count). The third-order valence-corrected chi connectivity index (χ3v) is 7.16. The van der Waals surface area contributed by atoms with E-state index >= 15 is 0 Å². The molecule has 0 fully saturated rings. The quantitative estimate of drug-likeness (QED) is 0.162. The van der Waals surface area contributed by atoms with E-state index in [9.17, 15) is 14.4 Å². The predicted octanol–water partition coefficient (Wildman–Crippen LogP) is 6.05. The van der Waals surface area contributed by atoms with E-state index < -0.39 is 12.0 Å². The monoisotopic (exact) mass is 550 g/mol. The molecule has 3 N–H and O–H groups in total. The van der Waals surface area contributed by atoms with Crippen LogP contribution in [0.4, 0.5) is 16.2 Å². The van der Waals surface area contributed by atoms with Gasteiger partial charge in [0.05, 0.1) is 11.3 Å². The minimum absolute atomic E-state index is 0.190. The number of nitrogens with one attached hydrogen (secondary N) is 2. The van der Waals surface area contributed by atoms with Gasteiger partial charge < -0.3 is 15.3 Å². The number of halogens is 1. The Morgan fingerprint density at radius 1 is 1.08 bits per heavy atom. The van der Waals surface area contributed by atoms with Crippen LogP contribution in [0, 0.1) is 0 Å². The molecule has 1 aliphatic heterocycles. The molecular formula is C28H27ClN4O4S. The Bertz CT molecular complexity index is 1380. The van der Waals surface area contributed by atoms with Crippen molar-refractivity contribution in [2.24, 2.45) is 5.10 Å². The zero-order valence-electron chi connectivity index (χ0n) is 20.7. The average Bonchev–Trinajstić information content (AvgIpc) is 3.15. The second-order valence-corrected chi connectivity index (χ2v) is 10.2. The van der Waals surface area contributed by atoms with E-state index in [0.717, 1.165) is 41.2 Å². The number of thioether (sulfide) groups is 1. The Labute approximate surface area is 230 Å². The molecule has 8 nitrogen and oxygen atoms in total. The summed E-state index contributed by atoms with van der Waals surface area (Å²) in [5.41, 5.74) is 5.95. The second-order valence-electron chi connectivity index (χ2n) is 8.63. The first-order valence-corrected chi connectivity index (χ1v) is 13.5. The van der Waals surface area contributed by atoms with Crippen molar-refractivity contribution >= 4 is 58.4 Å². The van der Waals surface area contributed by atoms with Crippen LogP contribution in [0.3, 0.4) is 0 Å². The highest BCUT2D eigenvalue weighted by Gasteiger charge is 2.34. The summed E-state index contributed by atoms with van der Waals surface area (Å²) in [7, 11) is 0. The lowest BCUT2D eigenvalue weighted by atomic mass is 10.1. The first-order chi connectivity index (χ1) is 18.4. The fraction of sp³-hybridized carbons (Fsp3) is 0.214. The minimum atomic E-state index is -0.931. The molecule has 0 bridgehead atoms. The molecule has 10 heteroatoms. The van der Waals surface area contributed by atoms with Gasteiger partial charge in [-0.1, -0.05) is 36.7 Å². The number of aromatic carboxylic acids is 1. The van der Waals surface area contributed by atoms with Crippen LogP contribution in [0.1, 0.15) is 41.3 Å².